The summed E-state index contributed by atoms with van der Waals surface area (Å²) >= 11 is 6.04. The Morgan fingerprint density at radius 2 is 2.21 bits per heavy atom. The molecular formula is C10H16ClN3. The van der Waals surface area contributed by atoms with E-state index in [0.717, 1.165) is 24.6 Å². The molecule has 0 saturated heterocycles. The van der Waals surface area contributed by atoms with Gasteiger partial charge in [0.15, 0.2) is 0 Å². The van der Waals surface area contributed by atoms with Gasteiger partial charge in [-0.25, -0.2) is 0 Å². The molecule has 0 aliphatic heterocycles. The van der Waals surface area contributed by atoms with Gasteiger partial charge in [0.05, 0.1) is 0 Å². The molecular weight excluding hydrogens is 198 g/mol. The Labute approximate surface area is 89.5 Å². The predicted octanol–water partition coefficient (Wildman–Crippen LogP) is 2.86. The highest BCUT2D eigenvalue weighted by Gasteiger charge is 2.31. The summed E-state index contributed by atoms with van der Waals surface area (Å²) in [6, 6.07) is 0.471. The monoisotopic (exact) mass is 213 g/mol. The number of nitrogens with zero attached hydrogens (tertiary/aromatic N) is 3. The third-order valence-electron chi connectivity index (χ3n) is 2.91. The van der Waals surface area contributed by atoms with Crippen molar-refractivity contribution in [3.8, 4) is 0 Å². The summed E-state index contributed by atoms with van der Waals surface area (Å²) in [4.78, 5) is 0. The number of aryl methyl sites for hydroxylation is 1. The molecule has 1 aromatic rings. The molecule has 1 unspecified atom stereocenters. The Kier molecular flexibility index (Phi) is 2.77. The summed E-state index contributed by atoms with van der Waals surface area (Å²) in [6.45, 7) is 4.36. The zero-order chi connectivity index (χ0) is 10.1. The molecule has 3 nitrogen and oxygen atoms in total. The van der Waals surface area contributed by atoms with Gasteiger partial charge >= 0.3 is 0 Å². The molecule has 0 bridgehead atoms. The first-order chi connectivity index (χ1) is 6.74. The van der Waals surface area contributed by atoms with E-state index in [1.165, 1.54) is 12.8 Å². The summed E-state index contributed by atoms with van der Waals surface area (Å²) in [7, 11) is 0. The van der Waals surface area contributed by atoms with Crippen LogP contribution in [0.25, 0.3) is 0 Å². The first-order valence-corrected chi connectivity index (χ1v) is 5.71. The van der Waals surface area contributed by atoms with Gasteiger partial charge in [-0.15, -0.1) is 10.2 Å². The molecule has 78 valence electrons. The summed E-state index contributed by atoms with van der Waals surface area (Å²) in [5.74, 6) is 1.83. The highest BCUT2D eigenvalue weighted by atomic mass is 35.5. The fourth-order valence-corrected chi connectivity index (χ4v) is 2.18. The van der Waals surface area contributed by atoms with Crippen molar-refractivity contribution >= 4 is 11.6 Å². The predicted molar refractivity (Wildman–Crippen MR) is 56.5 cm³/mol. The minimum absolute atomic E-state index is 0.471. The highest BCUT2D eigenvalue weighted by molar-refractivity contribution is 6.28. The fourth-order valence-electron chi connectivity index (χ4n) is 1.89. The number of hydrogen-bond acceptors (Lipinski definition) is 2. The molecule has 1 fully saturated rings. The van der Waals surface area contributed by atoms with Crippen LogP contribution in [0.2, 0.25) is 5.28 Å². The van der Waals surface area contributed by atoms with Crippen molar-refractivity contribution in [3.05, 3.63) is 11.1 Å². The Bertz CT molecular complexity index is 317. The van der Waals surface area contributed by atoms with E-state index < -0.39 is 0 Å². The van der Waals surface area contributed by atoms with Crippen molar-refractivity contribution < 1.29 is 0 Å². The summed E-state index contributed by atoms with van der Waals surface area (Å²) in [5, 5.41) is 8.61. The van der Waals surface area contributed by atoms with Crippen molar-refractivity contribution in [1.82, 2.24) is 14.8 Å². The van der Waals surface area contributed by atoms with Crippen LogP contribution in [-0.4, -0.2) is 14.8 Å². The van der Waals surface area contributed by atoms with Gasteiger partial charge in [-0.05, 0) is 43.7 Å². The molecule has 0 aromatic carbocycles. The Morgan fingerprint density at radius 1 is 1.50 bits per heavy atom. The van der Waals surface area contributed by atoms with E-state index in [1.807, 2.05) is 0 Å². The second-order valence-corrected chi connectivity index (χ2v) is 4.42. The van der Waals surface area contributed by atoms with E-state index in [1.54, 1.807) is 0 Å². The normalized spacial score (nSPS) is 18.5. The van der Waals surface area contributed by atoms with E-state index in [4.69, 9.17) is 11.6 Å². The molecule has 0 N–H and O–H groups in total. The number of hydrogen-bond donors (Lipinski definition) is 0. The molecule has 2 rings (SSSR count). The summed E-state index contributed by atoms with van der Waals surface area (Å²) < 4.78 is 2.10. The smallest absolute Gasteiger partial charge is 0.225 e. The summed E-state index contributed by atoms with van der Waals surface area (Å²) in [5.41, 5.74) is 0. The first kappa shape index (κ1) is 9.97. The lowest BCUT2D eigenvalue weighted by Gasteiger charge is -2.15. The number of rotatable bonds is 4. The number of halogens is 1. The van der Waals surface area contributed by atoms with Crippen LogP contribution in [0.15, 0.2) is 0 Å². The number of aromatic nitrogens is 3. The molecule has 1 aliphatic carbocycles. The largest absolute Gasteiger partial charge is 0.299 e. The van der Waals surface area contributed by atoms with Gasteiger partial charge in [0.25, 0.3) is 0 Å². The fraction of sp³-hybridized carbons (Fsp3) is 0.800. The van der Waals surface area contributed by atoms with Crippen LogP contribution < -0.4 is 0 Å². The lowest BCUT2D eigenvalue weighted by Crippen LogP contribution is -2.11. The molecule has 4 heteroatoms. The van der Waals surface area contributed by atoms with Crippen molar-refractivity contribution in [1.29, 1.82) is 0 Å². The molecule has 0 spiro atoms. The van der Waals surface area contributed by atoms with Crippen molar-refractivity contribution in [2.45, 2.75) is 45.6 Å². The van der Waals surface area contributed by atoms with Gasteiger partial charge in [0, 0.05) is 12.5 Å². The van der Waals surface area contributed by atoms with E-state index >= 15 is 0 Å². The maximum absolute atomic E-state index is 6.04. The maximum Gasteiger partial charge on any atom is 0.225 e. The minimum Gasteiger partial charge on any atom is -0.299 e. The third kappa shape index (κ3) is 1.78. The van der Waals surface area contributed by atoms with Crippen LogP contribution in [0.5, 0.6) is 0 Å². The lowest BCUT2D eigenvalue weighted by atomic mass is 10.2. The van der Waals surface area contributed by atoms with Crippen LogP contribution in [0, 0.1) is 5.92 Å². The van der Waals surface area contributed by atoms with Gasteiger partial charge in [0.1, 0.15) is 5.82 Å². The average molecular weight is 214 g/mol. The van der Waals surface area contributed by atoms with E-state index in [2.05, 4.69) is 28.6 Å². The molecule has 1 atom stereocenters. The first-order valence-electron chi connectivity index (χ1n) is 5.33. The zero-order valence-electron chi connectivity index (χ0n) is 8.70. The van der Waals surface area contributed by atoms with Crippen LogP contribution in [0.4, 0.5) is 0 Å². The third-order valence-corrected chi connectivity index (χ3v) is 3.17. The molecule has 0 radical (unpaired) electrons. The van der Waals surface area contributed by atoms with E-state index in [-0.39, 0.29) is 0 Å². The van der Waals surface area contributed by atoms with Crippen LogP contribution >= 0.6 is 11.6 Å². The van der Waals surface area contributed by atoms with Crippen molar-refractivity contribution in [2.24, 2.45) is 5.92 Å². The Morgan fingerprint density at radius 3 is 2.79 bits per heavy atom. The molecule has 1 saturated carbocycles. The molecule has 1 aliphatic rings. The van der Waals surface area contributed by atoms with Gasteiger partial charge in [-0.3, -0.25) is 4.57 Å². The van der Waals surface area contributed by atoms with Crippen molar-refractivity contribution in [2.75, 3.05) is 0 Å². The van der Waals surface area contributed by atoms with Gasteiger partial charge < -0.3 is 0 Å². The van der Waals surface area contributed by atoms with Gasteiger partial charge in [-0.1, -0.05) is 6.92 Å². The van der Waals surface area contributed by atoms with Crippen LogP contribution in [0.1, 0.15) is 45.0 Å². The SMILES string of the molecule is CCCc1nnc(Cl)n1C(C)C1CC1. The van der Waals surface area contributed by atoms with Gasteiger partial charge in [0.2, 0.25) is 5.28 Å². The maximum atomic E-state index is 6.04. The zero-order valence-corrected chi connectivity index (χ0v) is 9.46. The Hall–Kier alpha value is -0.570. The lowest BCUT2D eigenvalue weighted by molar-refractivity contribution is 0.466. The molecule has 1 heterocycles. The van der Waals surface area contributed by atoms with Crippen LogP contribution in [-0.2, 0) is 6.42 Å². The molecule has 14 heavy (non-hydrogen) atoms. The quantitative estimate of drug-likeness (QED) is 0.770. The minimum atomic E-state index is 0.471. The standard InChI is InChI=1S/C10H16ClN3/c1-3-4-9-12-13-10(11)14(9)7(2)8-5-6-8/h7-8H,3-6H2,1-2H3. The molecule has 1 aromatic heterocycles. The summed E-state index contributed by atoms with van der Waals surface area (Å²) in [6.07, 6.45) is 4.70. The topological polar surface area (TPSA) is 30.7 Å². The van der Waals surface area contributed by atoms with Crippen LogP contribution in [0.3, 0.4) is 0 Å². The average Bonchev–Trinajstić information content (AvgIpc) is 2.93. The Balaban J connectivity index is 2.23. The van der Waals surface area contributed by atoms with E-state index in [0.29, 0.717) is 11.3 Å². The van der Waals surface area contributed by atoms with Crippen molar-refractivity contribution in [3.63, 3.8) is 0 Å². The second kappa shape index (κ2) is 3.89. The van der Waals surface area contributed by atoms with Gasteiger partial charge in [-0.2, -0.15) is 0 Å². The molecule has 0 amide bonds. The highest BCUT2D eigenvalue weighted by Crippen LogP contribution is 2.40. The van der Waals surface area contributed by atoms with E-state index in [9.17, 15) is 0 Å². The second-order valence-electron chi connectivity index (χ2n) is 4.08.